The first-order valence-corrected chi connectivity index (χ1v) is 8.92. The summed E-state index contributed by atoms with van der Waals surface area (Å²) in [6, 6.07) is 13.6. The van der Waals surface area contributed by atoms with E-state index in [0.29, 0.717) is 17.1 Å². The Labute approximate surface area is 165 Å². The summed E-state index contributed by atoms with van der Waals surface area (Å²) in [7, 11) is 0. The number of halogens is 1. The number of nitrogens with one attached hydrogen (secondary N) is 1. The maximum absolute atomic E-state index is 12.2. The standard InChI is InChI=1S/C20H16ClN5O2/c1-12-4-2-3-5-13(12)10-26-11-16(15-8-14(21)6-7-17(15)26)18(27)9-19(28)20-22-24-25-23-20/h2-9,11,27H,10H2,1H3,(H,22,23,24,25)/b18-9-. The van der Waals surface area contributed by atoms with Crippen molar-refractivity contribution >= 4 is 34.0 Å². The molecule has 0 radical (unpaired) electrons. The number of H-pyrrole nitrogens is 1. The number of carbonyl (C=O) groups is 1. The van der Waals surface area contributed by atoms with Crippen molar-refractivity contribution in [2.24, 2.45) is 0 Å². The second-order valence-electron chi connectivity index (χ2n) is 6.39. The zero-order valence-electron chi connectivity index (χ0n) is 14.9. The molecular formula is C20H16ClN5O2. The molecule has 0 bridgehead atoms. The van der Waals surface area contributed by atoms with Gasteiger partial charge in [0.25, 0.3) is 0 Å². The van der Waals surface area contributed by atoms with Gasteiger partial charge in [-0.25, -0.2) is 0 Å². The average molecular weight is 394 g/mol. The second-order valence-corrected chi connectivity index (χ2v) is 6.82. The van der Waals surface area contributed by atoms with Crippen molar-refractivity contribution in [2.75, 3.05) is 0 Å². The molecule has 8 heteroatoms. The molecule has 2 heterocycles. The summed E-state index contributed by atoms with van der Waals surface area (Å²) in [6.45, 7) is 2.68. The molecule has 2 aromatic carbocycles. The fraction of sp³-hybridized carbons (Fsp3) is 0.100. The molecule has 0 saturated heterocycles. The average Bonchev–Trinajstić information content (AvgIpc) is 3.32. The molecule has 0 aliphatic carbocycles. The van der Waals surface area contributed by atoms with Crippen LogP contribution in [0, 0.1) is 6.92 Å². The summed E-state index contributed by atoms with van der Waals surface area (Å²) in [5, 5.41) is 24.7. The number of nitrogens with zero attached hydrogens (tertiary/aromatic N) is 4. The van der Waals surface area contributed by atoms with Crippen LogP contribution in [0.5, 0.6) is 0 Å². The fourth-order valence-electron chi connectivity index (χ4n) is 3.11. The number of aromatic nitrogens is 5. The predicted molar refractivity (Wildman–Crippen MR) is 106 cm³/mol. The van der Waals surface area contributed by atoms with Gasteiger partial charge in [-0.2, -0.15) is 5.21 Å². The van der Waals surface area contributed by atoms with Gasteiger partial charge in [-0.3, -0.25) is 4.79 Å². The van der Waals surface area contributed by atoms with Gasteiger partial charge >= 0.3 is 0 Å². The molecule has 0 atom stereocenters. The lowest BCUT2D eigenvalue weighted by molar-refractivity contribution is 0.103. The van der Waals surface area contributed by atoms with Crippen molar-refractivity contribution in [1.29, 1.82) is 0 Å². The van der Waals surface area contributed by atoms with Gasteiger partial charge in [0.2, 0.25) is 11.6 Å². The van der Waals surface area contributed by atoms with Crippen LogP contribution in [0.15, 0.2) is 54.7 Å². The molecular weight excluding hydrogens is 378 g/mol. The van der Waals surface area contributed by atoms with Crippen molar-refractivity contribution in [3.05, 3.63) is 82.3 Å². The van der Waals surface area contributed by atoms with Crippen molar-refractivity contribution in [1.82, 2.24) is 25.2 Å². The van der Waals surface area contributed by atoms with Crippen LogP contribution in [-0.4, -0.2) is 36.1 Å². The van der Waals surface area contributed by atoms with E-state index in [0.717, 1.165) is 22.5 Å². The van der Waals surface area contributed by atoms with Crippen LogP contribution in [0.3, 0.4) is 0 Å². The Bertz CT molecular complexity index is 1190. The summed E-state index contributed by atoms with van der Waals surface area (Å²) in [5.41, 5.74) is 3.73. The number of rotatable bonds is 5. The molecule has 0 saturated carbocycles. The molecule has 7 nitrogen and oxygen atoms in total. The number of aromatic amines is 1. The van der Waals surface area contributed by atoms with Crippen molar-refractivity contribution in [2.45, 2.75) is 13.5 Å². The first kappa shape index (κ1) is 17.9. The Kier molecular flexibility index (Phi) is 4.67. The van der Waals surface area contributed by atoms with Crippen molar-refractivity contribution < 1.29 is 9.90 Å². The lowest BCUT2D eigenvalue weighted by Gasteiger charge is -2.08. The Balaban J connectivity index is 1.79. The monoisotopic (exact) mass is 393 g/mol. The molecule has 2 N–H and O–H groups in total. The van der Waals surface area contributed by atoms with Crippen LogP contribution in [0.4, 0.5) is 0 Å². The number of fused-ring (bicyclic) bond motifs is 1. The zero-order valence-corrected chi connectivity index (χ0v) is 15.7. The maximum atomic E-state index is 12.2. The molecule has 4 rings (SSSR count). The van der Waals surface area contributed by atoms with Gasteiger partial charge < -0.3 is 9.67 Å². The minimum Gasteiger partial charge on any atom is -0.507 e. The number of hydrogen-bond donors (Lipinski definition) is 2. The normalized spacial score (nSPS) is 11.9. The van der Waals surface area contributed by atoms with Gasteiger partial charge in [-0.1, -0.05) is 35.9 Å². The Morgan fingerprint density at radius 1 is 1.29 bits per heavy atom. The van der Waals surface area contributed by atoms with Gasteiger partial charge in [-0.05, 0) is 41.5 Å². The van der Waals surface area contributed by atoms with E-state index < -0.39 is 5.78 Å². The quantitative estimate of drug-likeness (QED) is 0.304. The number of hydrogen-bond acceptors (Lipinski definition) is 5. The SMILES string of the molecule is Cc1ccccc1Cn1cc(/C(O)=C/C(=O)c2nn[nH]n2)c2cc(Cl)ccc21. The van der Waals surface area contributed by atoms with Gasteiger partial charge in [0.05, 0.1) is 0 Å². The van der Waals surface area contributed by atoms with Gasteiger partial charge in [0, 0.05) is 40.3 Å². The van der Waals surface area contributed by atoms with Crippen molar-refractivity contribution in [3.63, 3.8) is 0 Å². The highest BCUT2D eigenvalue weighted by molar-refractivity contribution is 6.31. The van der Waals surface area contributed by atoms with Crippen molar-refractivity contribution in [3.8, 4) is 0 Å². The Morgan fingerprint density at radius 2 is 2.11 bits per heavy atom. The highest BCUT2D eigenvalue weighted by Gasteiger charge is 2.16. The molecule has 4 aromatic rings. The topological polar surface area (TPSA) is 96.7 Å². The van der Waals surface area contributed by atoms with Gasteiger partial charge in [-0.15, -0.1) is 10.2 Å². The summed E-state index contributed by atoms with van der Waals surface area (Å²) >= 11 is 6.17. The molecule has 0 amide bonds. The van der Waals surface area contributed by atoms with E-state index in [4.69, 9.17) is 11.6 Å². The summed E-state index contributed by atoms with van der Waals surface area (Å²) in [4.78, 5) is 12.2. The predicted octanol–water partition coefficient (Wildman–Crippen LogP) is 3.95. The van der Waals surface area contributed by atoms with E-state index in [2.05, 4.69) is 39.7 Å². The third-order valence-corrected chi connectivity index (χ3v) is 4.79. The first-order valence-electron chi connectivity index (χ1n) is 8.54. The third-order valence-electron chi connectivity index (χ3n) is 4.55. The largest absolute Gasteiger partial charge is 0.507 e. The second kappa shape index (κ2) is 7.28. The van der Waals surface area contributed by atoms with Crippen LogP contribution in [-0.2, 0) is 6.54 Å². The number of carbonyl (C=O) groups excluding carboxylic acids is 1. The van der Waals surface area contributed by atoms with E-state index in [-0.39, 0.29) is 11.6 Å². The van der Waals surface area contributed by atoms with Gasteiger partial charge in [0.15, 0.2) is 0 Å². The highest BCUT2D eigenvalue weighted by Crippen LogP contribution is 2.30. The molecule has 0 aliphatic heterocycles. The minimum absolute atomic E-state index is 0.117. The number of allylic oxidation sites excluding steroid dienone is 1. The lowest BCUT2D eigenvalue weighted by atomic mass is 10.1. The van der Waals surface area contributed by atoms with E-state index in [9.17, 15) is 9.90 Å². The summed E-state index contributed by atoms with van der Waals surface area (Å²) in [6.07, 6.45) is 2.89. The van der Waals surface area contributed by atoms with Crippen LogP contribution in [0.25, 0.3) is 16.7 Å². The minimum atomic E-state index is -0.548. The smallest absolute Gasteiger partial charge is 0.244 e. The van der Waals surface area contributed by atoms with E-state index in [1.54, 1.807) is 12.1 Å². The van der Waals surface area contributed by atoms with E-state index >= 15 is 0 Å². The number of tetrazole rings is 1. The Hall–Kier alpha value is -3.45. The van der Waals surface area contributed by atoms with Gasteiger partial charge in [0.1, 0.15) is 5.76 Å². The molecule has 28 heavy (non-hydrogen) atoms. The molecule has 0 aliphatic rings. The zero-order chi connectivity index (χ0) is 19.7. The molecule has 140 valence electrons. The number of ketones is 1. The highest BCUT2D eigenvalue weighted by atomic mass is 35.5. The number of aliphatic hydroxyl groups excluding tert-OH is 1. The van der Waals surface area contributed by atoms with Crippen LogP contribution >= 0.6 is 11.6 Å². The third kappa shape index (κ3) is 3.39. The number of benzene rings is 2. The maximum Gasteiger partial charge on any atom is 0.244 e. The van der Waals surface area contributed by atoms with Crippen LogP contribution < -0.4 is 0 Å². The fourth-order valence-corrected chi connectivity index (χ4v) is 3.28. The number of aliphatic hydroxyl groups is 1. The molecule has 0 spiro atoms. The number of aryl methyl sites for hydroxylation is 1. The summed E-state index contributed by atoms with van der Waals surface area (Å²) < 4.78 is 2.02. The van der Waals surface area contributed by atoms with Crippen LogP contribution in [0.2, 0.25) is 5.02 Å². The lowest BCUT2D eigenvalue weighted by Crippen LogP contribution is -2.00. The molecule has 0 unspecified atom stereocenters. The van der Waals surface area contributed by atoms with Crippen LogP contribution in [0.1, 0.15) is 27.3 Å². The van der Waals surface area contributed by atoms with E-state index in [1.165, 1.54) is 5.56 Å². The van der Waals surface area contributed by atoms with E-state index in [1.807, 2.05) is 29.0 Å². The summed E-state index contributed by atoms with van der Waals surface area (Å²) in [5.74, 6) is -0.855. The molecule has 0 fully saturated rings. The first-order chi connectivity index (χ1) is 13.5. The Morgan fingerprint density at radius 3 is 2.86 bits per heavy atom. The molecule has 2 aromatic heterocycles.